The monoisotopic (exact) mass is 343 g/mol. The number of aliphatic carboxylic acids is 1. The van der Waals surface area contributed by atoms with Gasteiger partial charge in [-0.3, -0.25) is 0 Å². The molecule has 6 nitrogen and oxygen atoms in total. The molecule has 2 aromatic rings. The Kier molecular flexibility index (Phi) is 7.31. The van der Waals surface area contributed by atoms with Crippen molar-refractivity contribution in [1.29, 1.82) is 0 Å². The van der Waals surface area contributed by atoms with E-state index in [-0.39, 0.29) is 6.61 Å². The van der Waals surface area contributed by atoms with Gasteiger partial charge in [0.15, 0.2) is 6.61 Å². The van der Waals surface area contributed by atoms with Crippen molar-refractivity contribution in [3.8, 4) is 11.5 Å². The molecule has 0 aromatic heterocycles. The van der Waals surface area contributed by atoms with E-state index in [1.54, 1.807) is 25.5 Å². The summed E-state index contributed by atoms with van der Waals surface area (Å²) < 4.78 is 10.2. The predicted molar refractivity (Wildman–Crippen MR) is 94.2 cm³/mol. The van der Waals surface area contributed by atoms with E-state index in [4.69, 9.17) is 19.4 Å². The van der Waals surface area contributed by atoms with Gasteiger partial charge in [-0.1, -0.05) is 29.4 Å². The maximum Gasteiger partial charge on any atom is 0.341 e. The van der Waals surface area contributed by atoms with Gasteiger partial charge in [0.05, 0.1) is 7.11 Å². The Morgan fingerprint density at radius 1 is 1.04 bits per heavy atom. The molecule has 0 saturated heterocycles. The molecule has 0 bridgehead atoms. The van der Waals surface area contributed by atoms with E-state index in [0.29, 0.717) is 12.4 Å². The van der Waals surface area contributed by atoms with Gasteiger partial charge in [-0.05, 0) is 48.2 Å². The van der Waals surface area contributed by atoms with Crippen LogP contribution in [0.1, 0.15) is 17.5 Å². The summed E-state index contributed by atoms with van der Waals surface area (Å²) in [5, 5.41) is 12.5. The molecule has 0 spiro atoms. The Labute approximate surface area is 146 Å². The van der Waals surface area contributed by atoms with Gasteiger partial charge in [0.2, 0.25) is 0 Å². The zero-order valence-electron chi connectivity index (χ0n) is 14.1. The summed E-state index contributed by atoms with van der Waals surface area (Å²) in [4.78, 5) is 15.7. The van der Waals surface area contributed by atoms with Gasteiger partial charge in [-0.2, -0.15) is 0 Å². The molecule has 0 heterocycles. The van der Waals surface area contributed by atoms with Crippen LogP contribution in [0.5, 0.6) is 11.5 Å². The van der Waals surface area contributed by atoms with Crippen LogP contribution in [0.2, 0.25) is 0 Å². The van der Waals surface area contributed by atoms with Crippen molar-refractivity contribution in [2.24, 2.45) is 5.16 Å². The maximum absolute atomic E-state index is 10.4. The molecule has 0 unspecified atom stereocenters. The summed E-state index contributed by atoms with van der Waals surface area (Å²) in [7, 11) is 1.63. The van der Waals surface area contributed by atoms with Crippen LogP contribution in [0, 0.1) is 0 Å². The number of carboxylic acid groups (broad SMARTS) is 1. The van der Waals surface area contributed by atoms with Crippen LogP contribution < -0.4 is 9.47 Å². The summed E-state index contributed by atoms with van der Waals surface area (Å²) in [5.41, 5.74) is 2.14. The van der Waals surface area contributed by atoms with Gasteiger partial charge in [0, 0.05) is 6.21 Å². The van der Waals surface area contributed by atoms with Crippen LogP contribution in [0.3, 0.4) is 0 Å². The van der Waals surface area contributed by atoms with Crippen LogP contribution in [-0.4, -0.2) is 31.0 Å². The number of ether oxygens (including phenoxy) is 2. The first kappa shape index (κ1) is 18.3. The third-order valence-electron chi connectivity index (χ3n) is 3.39. The minimum Gasteiger partial charge on any atom is -0.497 e. The normalized spacial score (nSPS) is 10.6. The second-order valence-corrected chi connectivity index (χ2v) is 5.27. The fourth-order valence-corrected chi connectivity index (χ4v) is 2.07. The number of oxime groups is 1. The highest BCUT2D eigenvalue weighted by molar-refractivity contribution is 5.68. The van der Waals surface area contributed by atoms with E-state index in [2.05, 4.69) is 5.16 Å². The van der Waals surface area contributed by atoms with E-state index in [1.807, 2.05) is 36.4 Å². The standard InChI is InChI=1S/C19H21NO5/c1-23-17-8-6-16(7-9-17)13-25-20-12-2-3-15-4-10-18(11-5-15)24-14-19(21)22/h4-12H,2-3,13-14H2,1H3,(H,21,22). The van der Waals surface area contributed by atoms with Gasteiger partial charge in [0.1, 0.15) is 18.1 Å². The van der Waals surface area contributed by atoms with Crippen molar-refractivity contribution in [3.63, 3.8) is 0 Å². The number of hydrogen-bond acceptors (Lipinski definition) is 5. The minimum absolute atomic E-state index is 0.336. The number of nitrogens with zero attached hydrogens (tertiary/aromatic N) is 1. The van der Waals surface area contributed by atoms with Gasteiger partial charge in [-0.15, -0.1) is 0 Å². The topological polar surface area (TPSA) is 77.3 Å². The Bertz CT molecular complexity index is 680. The molecule has 0 saturated carbocycles. The molecule has 0 radical (unpaired) electrons. The Morgan fingerprint density at radius 2 is 1.68 bits per heavy atom. The molecule has 0 fully saturated rings. The summed E-state index contributed by atoms with van der Waals surface area (Å²) in [6, 6.07) is 15.0. The highest BCUT2D eigenvalue weighted by atomic mass is 16.6. The fourth-order valence-electron chi connectivity index (χ4n) is 2.07. The molecule has 1 N–H and O–H groups in total. The van der Waals surface area contributed by atoms with Gasteiger partial charge >= 0.3 is 5.97 Å². The number of aryl methyl sites for hydroxylation is 1. The first-order valence-corrected chi connectivity index (χ1v) is 7.87. The lowest BCUT2D eigenvalue weighted by Crippen LogP contribution is -2.09. The molecule has 0 amide bonds. The zero-order chi connectivity index (χ0) is 17.9. The third-order valence-corrected chi connectivity index (χ3v) is 3.39. The smallest absolute Gasteiger partial charge is 0.341 e. The number of benzene rings is 2. The molecule has 25 heavy (non-hydrogen) atoms. The number of rotatable bonds is 10. The molecular weight excluding hydrogens is 322 g/mol. The maximum atomic E-state index is 10.4. The SMILES string of the molecule is COc1ccc(CON=CCCc2ccc(OCC(=O)O)cc2)cc1. The molecule has 2 aromatic carbocycles. The van der Waals surface area contributed by atoms with Crippen LogP contribution in [0.4, 0.5) is 0 Å². The summed E-state index contributed by atoms with van der Waals surface area (Å²) in [6.07, 6.45) is 3.30. The van der Waals surface area contributed by atoms with Crippen molar-refractivity contribution < 1.29 is 24.2 Å². The quantitative estimate of drug-likeness (QED) is 0.529. The lowest BCUT2D eigenvalue weighted by atomic mass is 10.1. The lowest BCUT2D eigenvalue weighted by molar-refractivity contribution is -0.139. The largest absolute Gasteiger partial charge is 0.497 e. The number of hydrogen-bond donors (Lipinski definition) is 1. The summed E-state index contributed by atoms with van der Waals surface area (Å²) in [5.74, 6) is 0.365. The first-order chi connectivity index (χ1) is 12.2. The van der Waals surface area contributed by atoms with Crippen LogP contribution in [-0.2, 0) is 22.7 Å². The Balaban J connectivity index is 1.65. The molecule has 132 valence electrons. The highest BCUT2D eigenvalue weighted by Crippen LogP contribution is 2.13. The molecular formula is C19H21NO5. The van der Waals surface area contributed by atoms with Crippen molar-refractivity contribution in [3.05, 3.63) is 59.7 Å². The summed E-state index contributed by atoms with van der Waals surface area (Å²) >= 11 is 0. The van der Waals surface area contributed by atoms with E-state index in [1.165, 1.54) is 0 Å². The van der Waals surface area contributed by atoms with Crippen LogP contribution >= 0.6 is 0 Å². The molecule has 0 aliphatic carbocycles. The zero-order valence-corrected chi connectivity index (χ0v) is 14.1. The average molecular weight is 343 g/mol. The second kappa shape index (κ2) is 9.97. The number of methoxy groups -OCH3 is 1. The number of carbonyl (C=O) groups is 1. The van der Waals surface area contributed by atoms with Crippen molar-refractivity contribution >= 4 is 12.2 Å². The summed E-state index contributed by atoms with van der Waals surface area (Å²) in [6.45, 7) is 0.0770. The molecule has 0 aliphatic rings. The van der Waals surface area contributed by atoms with Gasteiger partial charge < -0.3 is 19.4 Å². The third kappa shape index (κ3) is 6.95. The molecule has 2 rings (SSSR count). The predicted octanol–water partition coefficient (Wildman–Crippen LogP) is 3.29. The van der Waals surface area contributed by atoms with Crippen LogP contribution in [0.25, 0.3) is 0 Å². The Hall–Kier alpha value is -3.02. The molecule has 0 atom stereocenters. The fraction of sp³-hybridized carbons (Fsp3) is 0.263. The Morgan fingerprint density at radius 3 is 2.32 bits per heavy atom. The van der Waals surface area contributed by atoms with E-state index in [9.17, 15) is 4.79 Å². The van der Waals surface area contributed by atoms with E-state index >= 15 is 0 Å². The minimum atomic E-state index is -0.991. The van der Waals surface area contributed by atoms with Crippen molar-refractivity contribution in [2.45, 2.75) is 19.4 Å². The highest BCUT2D eigenvalue weighted by Gasteiger charge is 1.99. The van der Waals surface area contributed by atoms with Crippen LogP contribution in [0.15, 0.2) is 53.7 Å². The lowest BCUT2D eigenvalue weighted by Gasteiger charge is -2.04. The molecule has 0 aliphatic heterocycles. The van der Waals surface area contributed by atoms with E-state index in [0.717, 1.165) is 29.7 Å². The average Bonchev–Trinajstić information content (AvgIpc) is 2.64. The van der Waals surface area contributed by atoms with Crippen molar-refractivity contribution in [1.82, 2.24) is 0 Å². The van der Waals surface area contributed by atoms with E-state index < -0.39 is 5.97 Å². The van der Waals surface area contributed by atoms with Crippen molar-refractivity contribution in [2.75, 3.05) is 13.7 Å². The number of carboxylic acids is 1. The second-order valence-electron chi connectivity index (χ2n) is 5.27. The molecule has 6 heteroatoms. The first-order valence-electron chi connectivity index (χ1n) is 7.87. The van der Waals surface area contributed by atoms with Gasteiger partial charge in [-0.25, -0.2) is 4.79 Å². The van der Waals surface area contributed by atoms with Gasteiger partial charge in [0.25, 0.3) is 0 Å².